The van der Waals surface area contributed by atoms with Gasteiger partial charge in [0.15, 0.2) is 0 Å². The van der Waals surface area contributed by atoms with E-state index in [1.807, 2.05) is 18.2 Å². The van der Waals surface area contributed by atoms with Gasteiger partial charge in [0, 0.05) is 5.69 Å². The van der Waals surface area contributed by atoms with Crippen LogP contribution in [-0.4, -0.2) is 25.8 Å². The quantitative estimate of drug-likeness (QED) is 0.683. The molecule has 2 aromatic carbocycles. The van der Waals surface area contributed by atoms with Crippen molar-refractivity contribution in [3.63, 3.8) is 0 Å². The molecular weight excluding hydrogens is 284 g/mol. The average Bonchev–Trinajstić information content (AvgIpc) is 2.89. The molecule has 22 heavy (non-hydrogen) atoms. The Hall–Kier alpha value is -3.35. The minimum Gasteiger partial charge on any atom is -0.478 e. The fourth-order valence-corrected chi connectivity index (χ4v) is 1.96. The number of hydrogen-bond donors (Lipinski definition) is 3. The second kappa shape index (κ2) is 5.57. The highest BCUT2D eigenvalue weighted by molar-refractivity contribution is 5.88. The molecule has 3 N–H and O–H groups in total. The first-order valence-electron chi connectivity index (χ1n) is 6.48. The number of nitrogens with zero attached hydrogens (tertiary/aromatic N) is 2. The van der Waals surface area contributed by atoms with Crippen LogP contribution >= 0.6 is 0 Å². The molecule has 0 aliphatic carbocycles. The van der Waals surface area contributed by atoms with Crippen molar-refractivity contribution >= 4 is 17.6 Å². The third-order valence-corrected chi connectivity index (χ3v) is 3.01. The summed E-state index contributed by atoms with van der Waals surface area (Å²) in [5.41, 5.74) is 1.10. The van der Waals surface area contributed by atoms with Gasteiger partial charge in [-0.3, -0.25) is 4.98 Å². The standard InChI is InChI=1S/C15H12N4O3/c20-13(21)10-6-8-11(9-7-10)16-14-17-15(22)19(18-14)12-4-2-1-3-5-12/h1-9H,(H,20,21)(H2,16,17,18,22). The number of H-pyrrole nitrogens is 1. The molecule has 0 aliphatic heterocycles. The summed E-state index contributed by atoms with van der Waals surface area (Å²) >= 11 is 0. The number of aromatic nitrogens is 3. The summed E-state index contributed by atoms with van der Waals surface area (Å²) in [4.78, 5) is 25.3. The molecule has 7 heteroatoms. The first kappa shape index (κ1) is 13.6. The van der Waals surface area contributed by atoms with E-state index in [-0.39, 0.29) is 17.2 Å². The van der Waals surface area contributed by atoms with Gasteiger partial charge < -0.3 is 10.4 Å². The lowest BCUT2D eigenvalue weighted by molar-refractivity contribution is 0.0697. The molecule has 110 valence electrons. The van der Waals surface area contributed by atoms with Crippen molar-refractivity contribution in [2.45, 2.75) is 0 Å². The maximum absolute atomic E-state index is 11.9. The van der Waals surface area contributed by atoms with E-state index in [4.69, 9.17) is 5.11 Å². The highest BCUT2D eigenvalue weighted by Crippen LogP contribution is 2.13. The van der Waals surface area contributed by atoms with E-state index >= 15 is 0 Å². The smallest absolute Gasteiger partial charge is 0.349 e. The third kappa shape index (κ3) is 2.73. The average molecular weight is 296 g/mol. The van der Waals surface area contributed by atoms with Crippen molar-refractivity contribution in [1.29, 1.82) is 0 Å². The van der Waals surface area contributed by atoms with Gasteiger partial charge in [0.2, 0.25) is 5.95 Å². The zero-order chi connectivity index (χ0) is 15.5. The number of carbonyl (C=O) groups is 1. The van der Waals surface area contributed by atoms with Crippen molar-refractivity contribution < 1.29 is 9.90 Å². The van der Waals surface area contributed by atoms with Gasteiger partial charge in [0.25, 0.3) is 0 Å². The van der Waals surface area contributed by atoms with Crippen molar-refractivity contribution in [2.24, 2.45) is 0 Å². The highest BCUT2D eigenvalue weighted by atomic mass is 16.4. The summed E-state index contributed by atoms with van der Waals surface area (Å²) in [5.74, 6) is -0.717. The predicted molar refractivity (Wildman–Crippen MR) is 80.9 cm³/mol. The number of carboxylic acid groups (broad SMARTS) is 1. The van der Waals surface area contributed by atoms with E-state index in [0.29, 0.717) is 11.4 Å². The van der Waals surface area contributed by atoms with Crippen molar-refractivity contribution in [2.75, 3.05) is 5.32 Å². The summed E-state index contributed by atoms with van der Waals surface area (Å²) in [5, 5.41) is 15.9. The summed E-state index contributed by atoms with van der Waals surface area (Å²) in [6.45, 7) is 0. The number of benzene rings is 2. The lowest BCUT2D eigenvalue weighted by Gasteiger charge is -2.02. The first-order valence-corrected chi connectivity index (χ1v) is 6.48. The minimum absolute atomic E-state index is 0.189. The van der Waals surface area contributed by atoms with Crippen molar-refractivity contribution in [1.82, 2.24) is 14.8 Å². The summed E-state index contributed by atoms with van der Waals surface area (Å²) in [6, 6.07) is 15.2. The lowest BCUT2D eigenvalue weighted by Crippen LogP contribution is -2.15. The number of hydrogen-bond acceptors (Lipinski definition) is 4. The second-order valence-corrected chi connectivity index (χ2v) is 4.53. The monoisotopic (exact) mass is 296 g/mol. The highest BCUT2D eigenvalue weighted by Gasteiger charge is 2.07. The van der Waals surface area contributed by atoms with Crippen molar-refractivity contribution in [3.05, 3.63) is 70.6 Å². The van der Waals surface area contributed by atoms with Gasteiger partial charge in [0.05, 0.1) is 11.3 Å². The Morgan fingerprint density at radius 1 is 1.09 bits per heavy atom. The molecule has 0 radical (unpaired) electrons. The van der Waals surface area contributed by atoms with Crippen LogP contribution in [-0.2, 0) is 0 Å². The van der Waals surface area contributed by atoms with E-state index < -0.39 is 5.97 Å². The molecule has 0 fully saturated rings. The van der Waals surface area contributed by atoms with Crippen LogP contribution < -0.4 is 11.0 Å². The van der Waals surface area contributed by atoms with E-state index in [1.54, 1.807) is 24.3 Å². The maximum Gasteiger partial charge on any atom is 0.349 e. The van der Waals surface area contributed by atoms with Gasteiger partial charge in [-0.2, -0.15) is 4.68 Å². The normalized spacial score (nSPS) is 10.4. The van der Waals surface area contributed by atoms with Crippen LogP contribution in [0.1, 0.15) is 10.4 Å². The molecular formula is C15H12N4O3. The topological polar surface area (TPSA) is 100 Å². The predicted octanol–water partition coefficient (Wildman–Crippen LogP) is 2.00. The SMILES string of the molecule is O=C(O)c1ccc(Nc2nn(-c3ccccc3)c(=O)[nH]2)cc1. The minimum atomic E-state index is -0.992. The molecule has 0 unspecified atom stereocenters. The number of anilines is 2. The molecule has 3 aromatic rings. The largest absolute Gasteiger partial charge is 0.478 e. The molecule has 1 aromatic heterocycles. The summed E-state index contributed by atoms with van der Waals surface area (Å²) in [7, 11) is 0. The number of para-hydroxylation sites is 1. The Labute approximate surface area is 124 Å². The number of aromatic carboxylic acids is 1. The van der Waals surface area contributed by atoms with Crippen LogP contribution in [0.2, 0.25) is 0 Å². The summed E-state index contributed by atoms with van der Waals surface area (Å²) in [6.07, 6.45) is 0. The Morgan fingerprint density at radius 2 is 1.77 bits per heavy atom. The first-order chi connectivity index (χ1) is 10.6. The number of rotatable bonds is 4. The Bertz CT molecular complexity index is 850. The van der Waals surface area contributed by atoms with Gasteiger partial charge >= 0.3 is 11.7 Å². The van der Waals surface area contributed by atoms with Gasteiger partial charge in [-0.15, -0.1) is 5.10 Å². The molecule has 0 saturated heterocycles. The van der Waals surface area contributed by atoms with Crippen LogP contribution in [0, 0.1) is 0 Å². The van der Waals surface area contributed by atoms with Crippen LogP contribution in [0.25, 0.3) is 5.69 Å². The molecule has 0 aliphatic rings. The fraction of sp³-hybridized carbons (Fsp3) is 0. The van der Waals surface area contributed by atoms with Crippen LogP contribution in [0.5, 0.6) is 0 Å². The molecule has 1 heterocycles. The number of carboxylic acids is 1. The van der Waals surface area contributed by atoms with Gasteiger partial charge in [0.1, 0.15) is 0 Å². The number of nitrogens with one attached hydrogen (secondary N) is 2. The van der Waals surface area contributed by atoms with E-state index in [9.17, 15) is 9.59 Å². The molecule has 3 rings (SSSR count). The fourth-order valence-electron chi connectivity index (χ4n) is 1.96. The van der Waals surface area contributed by atoms with E-state index in [1.165, 1.54) is 16.8 Å². The molecule has 0 amide bonds. The third-order valence-electron chi connectivity index (χ3n) is 3.01. The van der Waals surface area contributed by atoms with Crippen LogP contribution in [0.4, 0.5) is 11.6 Å². The Kier molecular flexibility index (Phi) is 3.45. The Balaban J connectivity index is 1.85. The molecule has 0 bridgehead atoms. The van der Waals surface area contributed by atoms with Crippen LogP contribution in [0.3, 0.4) is 0 Å². The number of aromatic amines is 1. The van der Waals surface area contributed by atoms with Crippen LogP contribution in [0.15, 0.2) is 59.4 Å². The second-order valence-electron chi connectivity index (χ2n) is 4.53. The molecule has 0 spiro atoms. The molecule has 0 saturated carbocycles. The Morgan fingerprint density at radius 3 is 2.41 bits per heavy atom. The van der Waals surface area contributed by atoms with Gasteiger partial charge in [-0.25, -0.2) is 9.59 Å². The zero-order valence-corrected chi connectivity index (χ0v) is 11.4. The van der Waals surface area contributed by atoms with E-state index in [2.05, 4.69) is 15.4 Å². The van der Waals surface area contributed by atoms with Gasteiger partial charge in [-0.1, -0.05) is 18.2 Å². The molecule has 0 atom stereocenters. The summed E-state index contributed by atoms with van der Waals surface area (Å²) < 4.78 is 1.24. The zero-order valence-electron chi connectivity index (χ0n) is 11.4. The lowest BCUT2D eigenvalue weighted by atomic mass is 10.2. The van der Waals surface area contributed by atoms with Crippen molar-refractivity contribution in [3.8, 4) is 5.69 Å². The maximum atomic E-state index is 11.9. The van der Waals surface area contributed by atoms with E-state index in [0.717, 1.165) is 0 Å². The molecule has 7 nitrogen and oxygen atoms in total. The van der Waals surface area contributed by atoms with Gasteiger partial charge in [-0.05, 0) is 36.4 Å².